The zero-order valence-corrected chi connectivity index (χ0v) is 12.3. The molecule has 0 saturated carbocycles. The second kappa shape index (κ2) is 7.34. The molecule has 0 N–H and O–H groups in total. The van der Waals surface area contributed by atoms with E-state index in [1.54, 1.807) is 38.1 Å². The van der Waals surface area contributed by atoms with Gasteiger partial charge < -0.3 is 9.47 Å². The van der Waals surface area contributed by atoms with E-state index >= 15 is 0 Å². The van der Waals surface area contributed by atoms with Gasteiger partial charge in [0.25, 0.3) is 0 Å². The van der Waals surface area contributed by atoms with Crippen molar-refractivity contribution in [3.8, 4) is 17.6 Å². The Labute approximate surface area is 119 Å². The number of allylic oxidation sites excluding steroid dienone is 1. The summed E-state index contributed by atoms with van der Waals surface area (Å²) < 4.78 is 10.8. The number of ether oxygens (including phenoxy) is 2. The van der Waals surface area contributed by atoms with Crippen molar-refractivity contribution >= 4 is 11.9 Å². The van der Waals surface area contributed by atoms with Crippen LogP contribution in [0.2, 0.25) is 0 Å². The summed E-state index contributed by atoms with van der Waals surface area (Å²) in [5, 5.41) is 9.13. The molecule has 0 fully saturated rings. The van der Waals surface area contributed by atoms with Crippen LogP contribution in [-0.4, -0.2) is 19.5 Å². The minimum atomic E-state index is -0.220. The Morgan fingerprint density at radius 3 is 2.65 bits per heavy atom. The first-order valence-electron chi connectivity index (χ1n) is 6.50. The molecule has 0 atom stereocenters. The summed E-state index contributed by atoms with van der Waals surface area (Å²) in [6, 6.07) is 7.32. The molecule has 20 heavy (non-hydrogen) atoms. The van der Waals surface area contributed by atoms with E-state index < -0.39 is 0 Å². The normalized spacial score (nSPS) is 11.1. The van der Waals surface area contributed by atoms with E-state index in [4.69, 9.17) is 14.7 Å². The number of carbonyl (C=O) groups excluding carboxylic acids is 1. The third-order valence-electron chi connectivity index (χ3n) is 2.72. The molecular formula is C16H19NO3. The highest BCUT2D eigenvalue weighted by molar-refractivity contribution is 6.04. The van der Waals surface area contributed by atoms with Crippen LogP contribution in [0, 0.1) is 17.2 Å². The molecule has 0 radical (unpaired) electrons. The van der Waals surface area contributed by atoms with Crippen LogP contribution >= 0.6 is 0 Å². The molecule has 1 aromatic rings. The monoisotopic (exact) mass is 273 g/mol. The summed E-state index contributed by atoms with van der Waals surface area (Å²) >= 11 is 0. The standard InChI is InChI=1S/C16H19NO3/c1-5-20-14-8-6-7-12(16(14)19-4)9-13(10-17)15(18)11(2)3/h6-9,11H,5H2,1-4H3/b13-9-. The van der Waals surface area contributed by atoms with Crippen molar-refractivity contribution < 1.29 is 14.3 Å². The Balaban J connectivity index is 3.29. The first kappa shape index (κ1) is 15.8. The molecule has 0 aliphatic carbocycles. The largest absolute Gasteiger partial charge is 0.492 e. The molecule has 106 valence electrons. The molecule has 0 bridgehead atoms. The van der Waals surface area contributed by atoms with Crippen molar-refractivity contribution in [2.45, 2.75) is 20.8 Å². The van der Waals surface area contributed by atoms with Gasteiger partial charge in [-0.25, -0.2) is 0 Å². The highest BCUT2D eigenvalue weighted by Gasteiger charge is 2.15. The predicted octanol–water partition coefficient (Wildman–Crippen LogP) is 3.23. The molecule has 4 nitrogen and oxygen atoms in total. The number of ketones is 1. The summed E-state index contributed by atoms with van der Waals surface area (Å²) in [5.74, 6) is 0.718. The Morgan fingerprint density at radius 2 is 2.15 bits per heavy atom. The molecule has 1 aromatic carbocycles. The quantitative estimate of drug-likeness (QED) is 0.589. The lowest BCUT2D eigenvalue weighted by Gasteiger charge is -2.12. The topological polar surface area (TPSA) is 59.3 Å². The number of benzene rings is 1. The minimum Gasteiger partial charge on any atom is -0.492 e. The molecule has 0 saturated heterocycles. The van der Waals surface area contributed by atoms with Crippen LogP contribution < -0.4 is 9.47 Å². The van der Waals surface area contributed by atoms with Crippen LogP contribution in [0.4, 0.5) is 0 Å². The van der Waals surface area contributed by atoms with Gasteiger partial charge in [0.1, 0.15) is 6.07 Å². The number of rotatable bonds is 6. The first-order valence-corrected chi connectivity index (χ1v) is 6.50. The lowest BCUT2D eigenvalue weighted by Crippen LogP contribution is -2.09. The fourth-order valence-corrected chi connectivity index (χ4v) is 1.76. The van der Waals surface area contributed by atoms with Gasteiger partial charge >= 0.3 is 0 Å². The van der Waals surface area contributed by atoms with Gasteiger partial charge in [0.2, 0.25) is 0 Å². The third kappa shape index (κ3) is 3.61. The van der Waals surface area contributed by atoms with E-state index in [1.165, 1.54) is 7.11 Å². The van der Waals surface area contributed by atoms with Crippen LogP contribution in [0.5, 0.6) is 11.5 Å². The maximum Gasteiger partial charge on any atom is 0.175 e. The highest BCUT2D eigenvalue weighted by Crippen LogP contribution is 2.32. The summed E-state index contributed by atoms with van der Waals surface area (Å²) in [6.07, 6.45) is 1.55. The molecule has 1 rings (SSSR count). The molecule has 0 spiro atoms. The van der Waals surface area contributed by atoms with Crippen LogP contribution in [-0.2, 0) is 4.79 Å². The van der Waals surface area contributed by atoms with Crippen molar-refractivity contribution in [1.82, 2.24) is 0 Å². The van der Waals surface area contributed by atoms with Gasteiger partial charge in [-0.05, 0) is 19.1 Å². The third-order valence-corrected chi connectivity index (χ3v) is 2.72. The van der Waals surface area contributed by atoms with Crippen LogP contribution in [0.15, 0.2) is 23.8 Å². The number of nitriles is 1. The lowest BCUT2D eigenvalue weighted by molar-refractivity contribution is -0.117. The Kier molecular flexibility index (Phi) is 5.79. The molecule has 4 heteroatoms. The number of hydrogen-bond acceptors (Lipinski definition) is 4. The van der Waals surface area contributed by atoms with Crippen molar-refractivity contribution in [2.24, 2.45) is 5.92 Å². The van der Waals surface area contributed by atoms with Crippen molar-refractivity contribution in [3.05, 3.63) is 29.3 Å². The van der Waals surface area contributed by atoms with E-state index in [2.05, 4.69) is 0 Å². The molecule has 0 aromatic heterocycles. The second-order valence-corrected chi connectivity index (χ2v) is 4.50. The molecular weight excluding hydrogens is 254 g/mol. The summed E-state index contributed by atoms with van der Waals surface area (Å²) in [4.78, 5) is 11.9. The average Bonchev–Trinajstić information content (AvgIpc) is 2.44. The lowest BCUT2D eigenvalue weighted by atomic mass is 9.99. The Hall–Kier alpha value is -2.28. The van der Waals surface area contributed by atoms with E-state index in [0.717, 1.165) is 0 Å². The van der Waals surface area contributed by atoms with Gasteiger partial charge in [0, 0.05) is 11.5 Å². The van der Waals surface area contributed by atoms with Gasteiger partial charge in [-0.2, -0.15) is 5.26 Å². The van der Waals surface area contributed by atoms with Crippen LogP contribution in [0.3, 0.4) is 0 Å². The van der Waals surface area contributed by atoms with Gasteiger partial charge in [0.15, 0.2) is 17.3 Å². The number of Topliss-reactive ketones (excluding diaryl/α,β-unsaturated/α-hetero) is 1. The predicted molar refractivity (Wildman–Crippen MR) is 77.6 cm³/mol. The summed E-state index contributed by atoms with van der Waals surface area (Å²) in [7, 11) is 1.53. The Bertz CT molecular complexity index is 553. The fourth-order valence-electron chi connectivity index (χ4n) is 1.76. The molecule has 0 heterocycles. The average molecular weight is 273 g/mol. The minimum absolute atomic E-state index is 0.118. The van der Waals surface area contributed by atoms with Crippen molar-refractivity contribution in [3.63, 3.8) is 0 Å². The fraction of sp³-hybridized carbons (Fsp3) is 0.375. The van der Waals surface area contributed by atoms with Crippen molar-refractivity contribution in [2.75, 3.05) is 13.7 Å². The smallest absolute Gasteiger partial charge is 0.175 e. The van der Waals surface area contributed by atoms with Crippen LogP contribution in [0.1, 0.15) is 26.3 Å². The van der Waals surface area contributed by atoms with Gasteiger partial charge in [0.05, 0.1) is 19.3 Å². The van der Waals surface area contributed by atoms with Crippen LogP contribution in [0.25, 0.3) is 6.08 Å². The maximum atomic E-state index is 11.9. The van der Waals surface area contributed by atoms with Crippen molar-refractivity contribution in [1.29, 1.82) is 5.26 Å². The second-order valence-electron chi connectivity index (χ2n) is 4.50. The van der Waals surface area contributed by atoms with E-state index in [9.17, 15) is 4.79 Å². The first-order chi connectivity index (χ1) is 9.54. The molecule has 0 unspecified atom stereocenters. The van der Waals surface area contributed by atoms with Gasteiger partial charge in [-0.1, -0.05) is 26.0 Å². The number of nitrogens with zero attached hydrogens (tertiary/aromatic N) is 1. The maximum absolute atomic E-state index is 11.9. The zero-order chi connectivity index (χ0) is 15.1. The highest BCUT2D eigenvalue weighted by atomic mass is 16.5. The number of hydrogen-bond donors (Lipinski definition) is 0. The molecule has 0 aliphatic rings. The SMILES string of the molecule is CCOc1cccc(/C=C(/C#N)C(=O)C(C)C)c1OC. The number of para-hydroxylation sites is 1. The number of carbonyl (C=O) groups is 1. The number of methoxy groups -OCH3 is 1. The summed E-state index contributed by atoms with van der Waals surface area (Å²) in [5.41, 5.74) is 0.774. The van der Waals surface area contributed by atoms with E-state index in [-0.39, 0.29) is 17.3 Å². The van der Waals surface area contributed by atoms with Gasteiger partial charge in [-0.15, -0.1) is 0 Å². The molecule has 0 aliphatic heterocycles. The zero-order valence-electron chi connectivity index (χ0n) is 12.3. The Morgan fingerprint density at radius 1 is 1.45 bits per heavy atom. The van der Waals surface area contributed by atoms with E-state index in [1.807, 2.05) is 13.0 Å². The molecule has 0 amide bonds. The van der Waals surface area contributed by atoms with E-state index in [0.29, 0.717) is 23.7 Å². The van der Waals surface area contributed by atoms with Gasteiger partial charge in [-0.3, -0.25) is 4.79 Å². The summed E-state index contributed by atoms with van der Waals surface area (Å²) in [6.45, 7) is 5.92.